The zero-order valence-corrected chi connectivity index (χ0v) is 46.3. The Morgan fingerprint density at radius 1 is 0.697 bits per heavy atom. The van der Waals surface area contributed by atoms with Crippen molar-refractivity contribution in [3.05, 3.63) is 146 Å². The fourth-order valence-corrected chi connectivity index (χ4v) is 8.38. The zero-order valence-electron chi connectivity index (χ0n) is 43.6. The van der Waals surface area contributed by atoms with Gasteiger partial charge in [-0.3, -0.25) is 14.5 Å². The van der Waals surface area contributed by atoms with E-state index in [0.717, 1.165) is 61.3 Å². The van der Waals surface area contributed by atoms with Crippen molar-refractivity contribution in [3.8, 4) is 11.5 Å². The fraction of sp³-hybridized carbons (Fsp3) is 0.309. The Morgan fingerprint density at radius 2 is 1.25 bits per heavy atom. The number of carbonyl (C=O) groups is 2. The van der Waals surface area contributed by atoms with Crippen molar-refractivity contribution in [2.75, 3.05) is 105 Å². The molecule has 2 atom stereocenters. The number of methoxy groups -OCH3 is 3. The molecule has 6 aromatic rings. The van der Waals surface area contributed by atoms with Crippen LogP contribution in [0.2, 0.25) is 5.28 Å². The number of nitrogen functional groups attached to an aromatic ring is 1. The second kappa shape index (κ2) is 32.4. The topological polar surface area (TPSA) is 218 Å². The number of anilines is 10. The molecule has 0 aliphatic carbocycles. The highest BCUT2D eigenvalue weighted by molar-refractivity contribution is 7.59. The molecule has 2 aromatic heterocycles. The first-order chi connectivity index (χ1) is 35.9. The second-order valence-electron chi connectivity index (χ2n) is 17.5. The predicted molar refractivity (Wildman–Crippen MR) is 320 cm³/mol. The van der Waals surface area contributed by atoms with Crippen molar-refractivity contribution in [2.45, 2.75) is 38.6 Å². The molecule has 21 heteroatoms. The van der Waals surface area contributed by atoms with Gasteiger partial charge in [-0.1, -0.05) is 44.3 Å². The third-order valence-corrected chi connectivity index (χ3v) is 12.1. The second-order valence-corrected chi connectivity index (χ2v) is 17.8. The van der Waals surface area contributed by atoms with Gasteiger partial charge in [0.15, 0.2) is 23.1 Å². The van der Waals surface area contributed by atoms with E-state index in [1.807, 2.05) is 42.5 Å². The molecule has 2 aliphatic heterocycles. The van der Waals surface area contributed by atoms with Crippen LogP contribution in [0.3, 0.4) is 0 Å². The van der Waals surface area contributed by atoms with Crippen LogP contribution in [-0.2, 0) is 20.7 Å². The molecule has 8 rings (SSSR count). The minimum absolute atomic E-state index is 0. The Morgan fingerprint density at radius 3 is 1.83 bits per heavy atom. The Bertz CT molecular complexity index is 2760. The molecule has 2 amide bonds. The van der Waals surface area contributed by atoms with Crippen LogP contribution in [0.25, 0.3) is 0 Å². The lowest BCUT2D eigenvalue weighted by atomic mass is 9.98. The largest absolute Gasteiger partial charge is 0.491 e. The third-order valence-electron chi connectivity index (χ3n) is 11.9. The number of hydrogen-bond donors (Lipinski definition) is 7. The van der Waals surface area contributed by atoms with Gasteiger partial charge in [0, 0.05) is 79.1 Å². The lowest BCUT2D eigenvalue weighted by molar-refractivity contribution is -0.112. The van der Waals surface area contributed by atoms with E-state index in [-0.39, 0.29) is 44.1 Å². The molecule has 8 N–H and O–H groups in total. The minimum atomic E-state index is -0.283. The number of hydrogen-bond acceptors (Lipinski definition) is 16. The molecule has 406 valence electrons. The Hall–Kier alpha value is -7.07. The van der Waals surface area contributed by atoms with E-state index in [1.54, 1.807) is 50.7 Å². The van der Waals surface area contributed by atoms with E-state index in [0.29, 0.717) is 52.2 Å². The van der Waals surface area contributed by atoms with Gasteiger partial charge in [-0.05, 0) is 147 Å². The summed E-state index contributed by atoms with van der Waals surface area (Å²) in [7, 11) is 4.83. The highest BCUT2D eigenvalue weighted by atomic mass is 35.5. The summed E-state index contributed by atoms with van der Waals surface area (Å²) in [6.45, 7) is 16.8. The number of nitrogens with two attached hydrogens (primary N) is 1. The summed E-state index contributed by atoms with van der Waals surface area (Å²) >= 11 is 5.77. The van der Waals surface area contributed by atoms with Crippen molar-refractivity contribution in [3.63, 3.8) is 0 Å². The van der Waals surface area contributed by atoms with Crippen LogP contribution in [0.5, 0.6) is 11.5 Å². The summed E-state index contributed by atoms with van der Waals surface area (Å²) < 4.78 is 15.7. The van der Waals surface area contributed by atoms with Gasteiger partial charge in [-0.25, -0.2) is 9.97 Å². The van der Waals surface area contributed by atoms with Gasteiger partial charge < -0.3 is 56.7 Å². The number of aromatic nitrogens is 4. The van der Waals surface area contributed by atoms with E-state index in [9.17, 15) is 9.59 Å². The van der Waals surface area contributed by atoms with E-state index in [1.165, 1.54) is 69.9 Å². The van der Waals surface area contributed by atoms with E-state index in [2.05, 4.69) is 106 Å². The summed E-state index contributed by atoms with van der Waals surface area (Å²) in [4.78, 5) is 44.8. The molecule has 0 bridgehead atoms. The summed E-state index contributed by atoms with van der Waals surface area (Å²) in [5, 5.41) is 18.6. The normalized spacial score (nSPS) is 14.6. The molecular weight excluding hydrogens is 1020 g/mol. The van der Waals surface area contributed by atoms with Gasteiger partial charge >= 0.3 is 0 Å². The minimum Gasteiger partial charge on any atom is -0.491 e. The number of rotatable bonds is 21. The maximum absolute atomic E-state index is 11.6. The number of likely N-dealkylation sites (tertiary alicyclic amines) is 2. The molecule has 2 aliphatic rings. The molecule has 0 saturated carbocycles. The number of amides is 2. The number of ether oxygens (including phenoxy) is 3. The van der Waals surface area contributed by atoms with Crippen molar-refractivity contribution >= 4 is 108 Å². The summed E-state index contributed by atoms with van der Waals surface area (Å²) in [6, 6.07) is 31.4. The molecule has 0 unspecified atom stereocenters. The van der Waals surface area contributed by atoms with Gasteiger partial charge in [-0.15, -0.1) is 0 Å². The number of halogens is 1. The van der Waals surface area contributed by atoms with E-state index in [4.69, 9.17) is 31.5 Å². The molecule has 18 nitrogen and oxygen atoms in total. The van der Waals surface area contributed by atoms with Gasteiger partial charge in [0.1, 0.15) is 0 Å². The molecule has 2 fully saturated rings. The zero-order chi connectivity index (χ0) is 52.7. The Balaban J connectivity index is 0.000000265. The van der Waals surface area contributed by atoms with Gasteiger partial charge in [0.2, 0.25) is 23.0 Å². The average Bonchev–Trinajstić information content (AvgIpc) is 4.06. The molecule has 76 heavy (non-hydrogen) atoms. The molecular formula is C55H72ClN13O5S2. The molecule has 2 saturated heterocycles. The lowest BCUT2D eigenvalue weighted by Crippen LogP contribution is -2.28. The van der Waals surface area contributed by atoms with Crippen molar-refractivity contribution in [1.29, 1.82) is 0 Å². The van der Waals surface area contributed by atoms with E-state index >= 15 is 0 Å². The number of nitrogens with one attached hydrogen (secondary N) is 6. The standard InChI is InChI=1S/C28H34N6O2.C14H13ClN4O2.C13H21N3O.2H2S/c1-4-14-34-15-13-21(19-34)16-20-9-11-22(12-10-20)32-28-29-18-25(36-3)27(33-28)31-24-8-6-7-23(17-24)30-26(35)5-2;1-3-12(20)17-9-5-4-6-10(7-9)18-13-11(21-2)8-16-14(15)19-13;1-17-9-8-16-7-6-13(10-16)15-12-4-2-11(14)3-5-12;;/h5-12,17-18,21H,2,4,13-16,19H2,1,3H3,(H,30,35)(H2,29,31,32,33);3-8H,1H2,2H3,(H,17,20)(H,16,18,19);2-5,13,15H,6-10,14H2,1H3;2*1H2/t21-;;13-;;/m1.0../s1. The predicted octanol–water partition coefficient (Wildman–Crippen LogP) is 10.0. The Labute approximate surface area is 465 Å². The summed E-state index contributed by atoms with van der Waals surface area (Å²) in [5.74, 6) is 2.54. The summed E-state index contributed by atoms with van der Waals surface area (Å²) in [6.07, 6.45) is 10.3. The van der Waals surface area contributed by atoms with Crippen LogP contribution in [-0.4, -0.2) is 115 Å². The van der Waals surface area contributed by atoms with Crippen LogP contribution >= 0.6 is 38.6 Å². The molecule has 4 aromatic carbocycles. The van der Waals surface area contributed by atoms with Crippen LogP contribution in [0.4, 0.5) is 57.4 Å². The lowest BCUT2D eigenvalue weighted by Gasteiger charge is -2.17. The monoisotopic (exact) mass is 1090 g/mol. The summed E-state index contributed by atoms with van der Waals surface area (Å²) in [5.41, 5.74) is 12.6. The fourth-order valence-electron chi connectivity index (χ4n) is 8.24. The van der Waals surface area contributed by atoms with Crippen LogP contribution in [0.15, 0.2) is 135 Å². The van der Waals surface area contributed by atoms with Crippen molar-refractivity contribution in [1.82, 2.24) is 29.7 Å². The third kappa shape index (κ3) is 20.2. The quantitative estimate of drug-likeness (QED) is 0.0203. The number of carbonyl (C=O) groups excluding carboxylic acids is 2. The Kier molecular flexibility index (Phi) is 26.2. The molecule has 0 spiro atoms. The highest BCUT2D eigenvalue weighted by Gasteiger charge is 2.23. The maximum Gasteiger partial charge on any atom is 0.247 e. The number of nitrogens with zero attached hydrogens (tertiary/aromatic N) is 6. The molecule has 0 radical (unpaired) electrons. The SMILES string of the molecule is C=CC(=O)Nc1cccc(Nc2nc(Cl)ncc2OC)c1.C=CC(=O)Nc1cccc(Nc2nc(Nc3ccc(C[C@H]4CCN(CCC)C4)cc3)ncc2OC)c1.COCCN1CC[C@H](Nc2ccc(N)cc2)C1.S.S. The van der Waals surface area contributed by atoms with Crippen molar-refractivity contribution < 1.29 is 23.8 Å². The van der Waals surface area contributed by atoms with Gasteiger partial charge in [0.25, 0.3) is 0 Å². The van der Waals surface area contributed by atoms with Gasteiger partial charge in [-0.2, -0.15) is 37.0 Å². The maximum atomic E-state index is 11.6. The van der Waals surface area contributed by atoms with Crippen LogP contribution < -0.4 is 47.1 Å². The first kappa shape index (κ1) is 61.5. The van der Waals surface area contributed by atoms with E-state index < -0.39 is 0 Å². The van der Waals surface area contributed by atoms with Crippen molar-refractivity contribution in [2.24, 2.45) is 5.92 Å². The first-order valence-electron chi connectivity index (χ1n) is 24.5. The number of benzene rings is 4. The van der Waals surface area contributed by atoms with Gasteiger partial charge in [0.05, 0.1) is 33.2 Å². The highest BCUT2D eigenvalue weighted by Crippen LogP contribution is 2.30. The molecule has 4 heterocycles. The first-order valence-corrected chi connectivity index (χ1v) is 24.8. The smallest absolute Gasteiger partial charge is 0.247 e. The average molecular weight is 1090 g/mol. The van der Waals surface area contributed by atoms with Crippen LogP contribution in [0, 0.1) is 5.92 Å². The van der Waals surface area contributed by atoms with Crippen LogP contribution in [0.1, 0.15) is 31.7 Å².